The zero-order valence-electron chi connectivity index (χ0n) is 13.2. The van der Waals surface area contributed by atoms with Gasteiger partial charge in [0.05, 0.1) is 6.10 Å². The van der Waals surface area contributed by atoms with Crippen molar-refractivity contribution >= 4 is 6.03 Å². The maximum atomic E-state index is 11.9. The fourth-order valence-electron chi connectivity index (χ4n) is 2.48. The number of carbonyl (C=O) groups excluding carboxylic acids is 1. The molecule has 0 spiro atoms. The Balaban J connectivity index is 1.77. The summed E-state index contributed by atoms with van der Waals surface area (Å²) in [7, 11) is 0. The Morgan fingerprint density at radius 2 is 2.00 bits per heavy atom. The molecule has 1 atom stereocenters. The minimum absolute atomic E-state index is 0.0884. The highest BCUT2D eigenvalue weighted by Gasteiger charge is 2.22. The van der Waals surface area contributed by atoms with Crippen LogP contribution in [-0.2, 0) is 10.2 Å². The molecule has 2 rings (SSSR count). The van der Waals surface area contributed by atoms with Gasteiger partial charge >= 0.3 is 6.03 Å². The molecular weight excluding hydrogens is 264 g/mol. The highest BCUT2D eigenvalue weighted by atomic mass is 16.5. The molecule has 0 radical (unpaired) electrons. The van der Waals surface area contributed by atoms with E-state index in [1.165, 1.54) is 11.1 Å². The molecule has 2 N–H and O–H groups in total. The summed E-state index contributed by atoms with van der Waals surface area (Å²) in [6.07, 6.45) is 2.31. The molecule has 0 saturated carbocycles. The van der Waals surface area contributed by atoms with Crippen molar-refractivity contribution in [2.24, 2.45) is 0 Å². The van der Waals surface area contributed by atoms with Crippen molar-refractivity contribution in [3.63, 3.8) is 0 Å². The van der Waals surface area contributed by atoms with Crippen LogP contribution in [0.5, 0.6) is 0 Å². The van der Waals surface area contributed by atoms with E-state index >= 15 is 0 Å². The van der Waals surface area contributed by atoms with E-state index in [2.05, 4.69) is 55.7 Å². The topological polar surface area (TPSA) is 50.4 Å². The van der Waals surface area contributed by atoms with Gasteiger partial charge in [0.25, 0.3) is 0 Å². The molecule has 1 aliphatic heterocycles. The Bertz CT molecular complexity index is 462. The predicted octanol–water partition coefficient (Wildman–Crippen LogP) is 2.75. The van der Waals surface area contributed by atoms with Crippen molar-refractivity contribution in [3.8, 4) is 0 Å². The Morgan fingerprint density at radius 3 is 2.62 bits per heavy atom. The molecule has 1 aromatic rings. The molecule has 21 heavy (non-hydrogen) atoms. The number of nitrogens with one attached hydrogen (secondary N) is 2. The summed E-state index contributed by atoms with van der Waals surface area (Å²) in [6.45, 7) is 8.36. The molecule has 1 heterocycles. The third kappa shape index (κ3) is 4.74. The van der Waals surface area contributed by atoms with E-state index in [1.807, 2.05) is 0 Å². The summed E-state index contributed by atoms with van der Waals surface area (Å²) in [5.74, 6) is 0. The van der Waals surface area contributed by atoms with E-state index < -0.39 is 0 Å². The Kier molecular flexibility index (Phi) is 5.23. The van der Waals surface area contributed by atoms with Crippen LogP contribution in [0.1, 0.15) is 37.8 Å². The molecule has 4 heteroatoms. The molecule has 1 unspecified atom stereocenters. The van der Waals surface area contributed by atoms with Gasteiger partial charge in [-0.15, -0.1) is 0 Å². The molecule has 0 aromatic heterocycles. The van der Waals surface area contributed by atoms with E-state index in [4.69, 9.17) is 4.74 Å². The van der Waals surface area contributed by atoms with Gasteiger partial charge in [0.2, 0.25) is 0 Å². The second-order valence-corrected chi connectivity index (χ2v) is 6.45. The summed E-state index contributed by atoms with van der Waals surface area (Å²) < 4.78 is 5.49. The Morgan fingerprint density at radius 1 is 1.29 bits per heavy atom. The molecule has 1 fully saturated rings. The maximum Gasteiger partial charge on any atom is 0.314 e. The number of amides is 2. The van der Waals surface area contributed by atoms with Crippen molar-refractivity contribution in [1.82, 2.24) is 10.6 Å². The highest BCUT2D eigenvalue weighted by molar-refractivity contribution is 5.74. The average Bonchev–Trinajstić information content (AvgIpc) is 2.97. The van der Waals surface area contributed by atoms with Crippen LogP contribution >= 0.6 is 0 Å². The van der Waals surface area contributed by atoms with Gasteiger partial charge in [0.15, 0.2) is 0 Å². The molecule has 0 aliphatic carbocycles. The number of rotatable bonds is 5. The zero-order chi connectivity index (χ0) is 15.3. The third-order valence-corrected chi connectivity index (χ3v) is 4.04. The number of carbonyl (C=O) groups is 1. The first-order valence-electron chi connectivity index (χ1n) is 7.68. The third-order valence-electron chi connectivity index (χ3n) is 4.04. The van der Waals surface area contributed by atoms with Gasteiger partial charge in [-0.1, -0.05) is 43.7 Å². The quantitative estimate of drug-likeness (QED) is 0.876. The number of benzene rings is 1. The minimum Gasteiger partial charge on any atom is -0.376 e. The summed E-state index contributed by atoms with van der Waals surface area (Å²) in [4.78, 5) is 11.9. The lowest BCUT2D eigenvalue weighted by molar-refractivity contribution is 0.111. The largest absolute Gasteiger partial charge is 0.376 e. The van der Waals surface area contributed by atoms with E-state index in [-0.39, 0.29) is 17.6 Å². The maximum absolute atomic E-state index is 11.9. The second kappa shape index (κ2) is 6.94. The molecule has 0 bridgehead atoms. The van der Waals surface area contributed by atoms with Gasteiger partial charge in [0, 0.05) is 25.1 Å². The normalized spacial score (nSPS) is 18.5. The summed E-state index contributed by atoms with van der Waals surface area (Å²) >= 11 is 0. The SMILES string of the molecule is Cc1ccc(C(C)(C)CNC(=O)NCC2CCCO2)cc1. The minimum atomic E-state index is -0.120. The first-order valence-corrected chi connectivity index (χ1v) is 7.68. The van der Waals surface area contributed by atoms with Crippen LogP contribution in [-0.4, -0.2) is 31.8 Å². The Labute approximate surface area is 127 Å². The van der Waals surface area contributed by atoms with E-state index in [0.717, 1.165) is 19.4 Å². The molecule has 1 saturated heterocycles. The van der Waals surface area contributed by atoms with Crippen LogP contribution in [0.25, 0.3) is 0 Å². The van der Waals surface area contributed by atoms with Crippen molar-refractivity contribution in [1.29, 1.82) is 0 Å². The van der Waals surface area contributed by atoms with Crippen molar-refractivity contribution in [2.75, 3.05) is 19.7 Å². The summed E-state index contributed by atoms with van der Waals surface area (Å²) in [5, 5.41) is 5.84. The van der Waals surface area contributed by atoms with Crippen molar-refractivity contribution < 1.29 is 9.53 Å². The second-order valence-electron chi connectivity index (χ2n) is 6.45. The standard InChI is InChI=1S/C17H26N2O2/c1-13-6-8-14(9-7-13)17(2,3)12-19-16(20)18-11-15-5-4-10-21-15/h6-9,15H,4-5,10-12H2,1-3H3,(H2,18,19,20). The Hall–Kier alpha value is -1.55. The van der Waals surface area contributed by atoms with Crippen LogP contribution < -0.4 is 10.6 Å². The van der Waals surface area contributed by atoms with Crippen molar-refractivity contribution in [3.05, 3.63) is 35.4 Å². The first kappa shape index (κ1) is 15.8. The molecule has 1 aromatic carbocycles. The van der Waals surface area contributed by atoms with Crippen LogP contribution in [0.2, 0.25) is 0 Å². The van der Waals surface area contributed by atoms with Crippen LogP contribution in [0.4, 0.5) is 4.79 Å². The van der Waals surface area contributed by atoms with Crippen LogP contribution in [0.3, 0.4) is 0 Å². The van der Waals surface area contributed by atoms with Gasteiger partial charge in [0.1, 0.15) is 0 Å². The van der Waals surface area contributed by atoms with Gasteiger partial charge in [-0.3, -0.25) is 0 Å². The number of aryl methyl sites for hydroxylation is 1. The molecule has 1 aliphatic rings. The molecule has 2 amide bonds. The first-order chi connectivity index (χ1) is 9.97. The number of urea groups is 1. The highest BCUT2D eigenvalue weighted by Crippen LogP contribution is 2.22. The fourth-order valence-corrected chi connectivity index (χ4v) is 2.48. The fraction of sp³-hybridized carbons (Fsp3) is 0.588. The lowest BCUT2D eigenvalue weighted by atomic mass is 9.84. The number of hydrogen-bond donors (Lipinski definition) is 2. The van der Waals surface area contributed by atoms with Gasteiger partial charge in [-0.2, -0.15) is 0 Å². The van der Waals surface area contributed by atoms with Crippen LogP contribution in [0.15, 0.2) is 24.3 Å². The van der Waals surface area contributed by atoms with E-state index in [9.17, 15) is 4.79 Å². The monoisotopic (exact) mass is 290 g/mol. The smallest absolute Gasteiger partial charge is 0.314 e. The number of ether oxygens (including phenoxy) is 1. The number of hydrogen-bond acceptors (Lipinski definition) is 2. The van der Waals surface area contributed by atoms with Gasteiger partial charge < -0.3 is 15.4 Å². The van der Waals surface area contributed by atoms with Crippen LogP contribution in [0, 0.1) is 6.92 Å². The average molecular weight is 290 g/mol. The van der Waals surface area contributed by atoms with E-state index in [1.54, 1.807) is 0 Å². The zero-order valence-corrected chi connectivity index (χ0v) is 13.2. The van der Waals surface area contributed by atoms with E-state index in [0.29, 0.717) is 13.1 Å². The molecular formula is C17H26N2O2. The molecule has 116 valence electrons. The summed E-state index contributed by atoms with van der Waals surface area (Å²) in [5.41, 5.74) is 2.39. The lowest BCUT2D eigenvalue weighted by Gasteiger charge is -2.26. The predicted molar refractivity (Wildman–Crippen MR) is 84.6 cm³/mol. The van der Waals surface area contributed by atoms with Gasteiger partial charge in [-0.05, 0) is 25.3 Å². The molecule has 4 nitrogen and oxygen atoms in total. The summed E-state index contributed by atoms with van der Waals surface area (Å²) in [6, 6.07) is 8.34. The lowest BCUT2D eigenvalue weighted by Crippen LogP contribution is -2.44. The van der Waals surface area contributed by atoms with Crippen molar-refractivity contribution in [2.45, 2.75) is 45.1 Å². The van der Waals surface area contributed by atoms with Gasteiger partial charge in [-0.25, -0.2) is 4.79 Å².